The average molecular weight is 400 g/mol. The van der Waals surface area contributed by atoms with Crippen molar-refractivity contribution in [3.05, 3.63) is 29.8 Å². The van der Waals surface area contributed by atoms with Crippen molar-refractivity contribution in [2.45, 2.75) is 38.7 Å². The highest BCUT2D eigenvalue weighted by Crippen LogP contribution is 2.35. The number of benzene rings is 1. The molecule has 158 valence electrons. The summed E-state index contributed by atoms with van der Waals surface area (Å²) in [7, 11) is 2.11. The van der Waals surface area contributed by atoms with E-state index in [0.717, 1.165) is 45.4 Å². The fraction of sp³-hybridized carbons (Fsp3) is 0.652. The Morgan fingerprint density at radius 3 is 2.48 bits per heavy atom. The maximum Gasteiger partial charge on any atom is 0.258 e. The van der Waals surface area contributed by atoms with Crippen LogP contribution in [0.2, 0.25) is 0 Å². The molecule has 0 saturated carbocycles. The quantitative estimate of drug-likeness (QED) is 0.767. The van der Waals surface area contributed by atoms with Crippen molar-refractivity contribution in [2.75, 3.05) is 46.3 Å². The van der Waals surface area contributed by atoms with E-state index >= 15 is 0 Å². The van der Waals surface area contributed by atoms with Gasteiger partial charge in [-0.15, -0.1) is 0 Å². The van der Waals surface area contributed by atoms with E-state index < -0.39 is 5.60 Å². The minimum atomic E-state index is -0.419. The Balaban J connectivity index is 1.58. The van der Waals surface area contributed by atoms with E-state index in [1.807, 2.05) is 29.2 Å². The van der Waals surface area contributed by atoms with Gasteiger partial charge in [0, 0.05) is 39.0 Å². The zero-order valence-corrected chi connectivity index (χ0v) is 17.9. The van der Waals surface area contributed by atoms with Crippen LogP contribution in [0.25, 0.3) is 0 Å². The number of hydrogen-bond acceptors (Lipinski definition) is 4. The van der Waals surface area contributed by atoms with Crippen molar-refractivity contribution in [1.82, 2.24) is 14.7 Å². The third kappa shape index (κ3) is 4.27. The summed E-state index contributed by atoms with van der Waals surface area (Å²) in [5.74, 6) is 1.62. The van der Waals surface area contributed by atoms with E-state index in [1.54, 1.807) is 4.90 Å². The summed E-state index contributed by atoms with van der Waals surface area (Å²) in [6.07, 6.45) is 2.87. The van der Waals surface area contributed by atoms with Crippen molar-refractivity contribution in [1.29, 1.82) is 0 Å². The minimum Gasteiger partial charge on any atom is -0.484 e. The summed E-state index contributed by atoms with van der Waals surface area (Å²) in [5.41, 5.74) is 0.147. The van der Waals surface area contributed by atoms with Gasteiger partial charge < -0.3 is 19.4 Å². The molecule has 29 heavy (non-hydrogen) atoms. The molecule has 6 heteroatoms. The molecule has 0 unspecified atom stereocenters. The van der Waals surface area contributed by atoms with E-state index in [9.17, 15) is 9.59 Å². The Bertz CT molecular complexity index is 762. The maximum absolute atomic E-state index is 13.3. The van der Waals surface area contributed by atoms with Crippen LogP contribution in [0.1, 0.15) is 43.5 Å². The smallest absolute Gasteiger partial charge is 0.258 e. The number of piperidine rings is 2. The second kappa shape index (κ2) is 7.98. The highest BCUT2D eigenvalue weighted by atomic mass is 16.5. The monoisotopic (exact) mass is 399 g/mol. The number of hydrogen-bond donors (Lipinski definition) is 0. The average Bonchev–Trinajstić information content (AvgIpc) is 2.79. The van der Waals surface area contributed by atoms with Gasteiger partial charge >= 0.3 is 0 Å². The summed E-state index contributed by atoms with van der Waals surface area (Å²) in [5, 5.41) is 0. The number of amides is 2. The normalized spacial score (nSPS) is 27.3. The molecule has 0 radical (unpaired) electrons. The van der Waals surface area contributed by atoms with Crippen molar-refractivity contribution in [3.63, 3.8) is 0 Å². The lowest BCUT2D eigenvalue weighted by atomic mass is 9.90. The lowest BCUT2D eigenvalue weighted by Crippen LogP contribution is -2.55. The highest BCUT2D eigenvalue weighted by Gasteiger charge is 2.43. The van der Waals surface area contributed by atoms with Gasteiger partial charge in [0.1, 0.15) is 17.9 Å². The maximum atomic E-state index is 13.3. The summed E-state index contributed by atoms with van der Waals surface area (Å²) >= 11 is 0. The van der Waals surface area contributed by atoms with Crippen molar-refractivity contribution in [2.24, 2.45) is 11.8 Å². The number of nitrogens with zero attached hydrogens (tertiary/aromatic N) is 3. The van der Waals surface area contributed by atoms with Gasteiger partial charge in [0.2, 0.25) is 5.91 Å². The molecule has 2 amide bonds. The molecule has 4 rings (SSSR count). The van der Waals surface area contributed by atoms with Gasteiger partial charge in [0.25, 0.3) is 5.91 Å². The Hall–Kier alpha value is -2.08. The highest BCUT2D eigenvalue weighted by molar-refractivity contribution is 5.99. The lowest BCUT2D eigenvalue weighted by Gasteiger charge is -2.42. The van der Waals surface area contributed by atoms with Crippen LogP contribution in [-0.4, -0.2) is 78.4 Å². The first-order chi connectivity index (χ1) is 13.8. The molecule has 2 fully saturated rings. The molecule has 2 saturated heterocycles. The molecule has 0 aliphatic carbocycles. The van der Waals surface area contributed by atoms with Crippen LogP contribution >= 0.6 is 0 Å². The van der Waals surface area contributed by atoms with Gasteiger partial charge in [-0.2, -0.15) is 0 Å². The van der Waals surface area contributed by atoms with E-state index in [1.165, 1.54) is 0 Å². The van der Waals surface area contributed by atoms with Gasteiger partial charge in [-0.3, -0.25) is 9.59 Å². The van der Waals surface area contributed by atoms with Crippen LogP contribution in [-0.2, 0) is 4.79 Å². The van der Waals surface area contributed by atoms with Crippen LogP contribution in [0.15, 0.2) is 24.3 Å². The van der Waals surface area contributed by atoms with Crippen LogP contribution < -0.4 is 4.74 Å². The molecule has 1 spiro atoms. The molecule has 0 aromatic heterocycles. The zero-order chi connectivity index (χ0) is 20.6. The Kier molecular flexibility index (Phi) is 5.56. The summed E-state index contributed by atoms with van der Waals surface area (Å²) in [6.45, 7) is 8.43. The fourth-order valence-electron chi connectivity index (χ4n) is 5.13. The third-order valence-electron chi connectivity index (χ3n) is 6.66. The van der Waals surface area contributed by atoms with E-state index in [4.69, 9.17) is 4.74 Å². The molecule has 0 N–H and O–H groups in total. The lowest BCUT2D eigenvalue weighted by molar-refractivity contribution is -0.135. The third-order valence-corrected chi connectivity index (χ3v) is 6.66. The van der Waals surface area contributed by atoms with Gasteiger partial charge in [-0.25, -0.2) is 0 Å². The second-order valence-corrected chi connectivity index (χ2v) is 9.49. The van der Waals surface area contributed by atoms with E-state index in [2.05, 4.69) is 25.8 Å². The van der Waals surface area contributed by atoms with Gasteiger partial charge in [-0.05, 0) is 37.4 Å². The standard InChI is InChI=1S/C23H33N3O3/c1-17-12-18(2)14-25(13-17)21(27)15-26-16-23(8-10-24(3)11-9-23)29-20-7-5-4-6-19(20)22(26)28/h4-7,17-18H,8-16H2,1-3H3/t17-,18-/m0/s1. The van der Waals surface area contributed by atoms with E-state index in [0.29, 0.717) is 29.7 Å². The molecule has 6 nitrogen and oxygen atoms in total. The number of fused-ring (bicyclic) bond motifs is 1. The fourth-order valence-corrected chi connectivity index (χ4v) is 5.13. The van der Waals surface area contributed by atoms with Crippen LogP contribution in [0.3, 0.4) is 0 Å². The number of rotatable bonds is 2. The second-order valence-electron chi connectivity index (χ2n) is 9.49. The Morgan fingerprint density at radius 1 is 1.14 bits per heavy atom. The number of likely N-dealkylation sites (tertiary alicyclic amines) is 2. The Labute approximate surface area is 173 Å². The summed E-state index contributed by atoms with van der Waals surface area (Å²) < 4.78 is 6.48. The van der Waals surface area contributed by atoms with Gasteiger partial charge in [-0.1, -0.05) is 26.0 Å². The first-order valence-corrected chi connectivity index (χ1v) is 10.9. The molecule has 1 aromatic rings. The molecule has 3 aliphatic rings. The van der Waals surface area contributed by atoms with Crippen LogP contribution in [0.5, 0.6) is 5.75 Å². The van der Waals surface area contributed by atoms with Gasteiger partial charge in [0.15, 0.2) is 0 Å². The number of carbonyl (C=O) groups excluding carboxylic acids is 2. The first-order valence-electron chi connectivity index (χ1n) is 10.9. The predicted octanol–water partition coefficient (Wildman–Crippen LogP) is 2.49. The SMILES string of the molecule is C[C@H]1C[C@H](C)CN(C(=O)CN2CC3(CCN(C)CC3)Oc3ccccc3C2=O)C1. The summed E-state index contributed by atoms with van der Waals surface area (Å²) in [4.78, 5) is 32.5. The number of ether oxygens (including phenoxy) is 1. The van der Waals surface area contributed by atoms with Crippen molar-refractivity contribution >= 4 is 11.8 Å². The van der Waals surface area contributed by atoms with Gasteiger partial charge in [0.05, 0.1) is 12.1 Å². The Morgan fingerprint density at radius 2 is 1.79 bits per heavy atom. The van der Waals surface area contributed by atoms with E-state index in [-0.39, 0.29) is 18.4 Å². The molecule has 0 bridgehead atoms. The minimum absolute atomic E-state index is 0.0548. The van der Waals surface area contributed by atoms with Crippen molar-refractivity contribution < 1.29 is 14.3 Å². The largest absolute Gasteiger partial charge is 0.484 e. The molecule has 3 heterocycles. The molecule has 3 aliphatic heterocycles. The summed E-state index contributed by atoms with van der Waals surface area (Å²) in [6, 6.07) is 7.47. The number of carbonyl (C=O) groups is 2. The molecule has 1 aromatic carbocycles. The van der Waals surface area contributed by atoms with Crippen LogP contribution in [0.4, 0.5) is 0 Å². The molecule has 2 atom stereocenters. The molecular weight excluding hydrogens is 366 g/mol. The zero-order valence-electron chi connectivity index (χ0n) is 17.9. The van der Waals surface area contributed by atoms with Crippen LogP contribution in [0, 0.1) is 11.8 Å². The molecular formula is C23H33N3O3. The first kappa shape index (κ1) is 20.2. The topological polar surface area (TPSA) is 53.1 Å². The van der Waals surface area contributed by atoms with Crippen molar-refractivity contribution in [3.8, 4) is 5.75 Å². The number of para-hydroxylation sites is 1. The predicted molar refractivity (Wildman–Crippen MR) is 112 cm³/mol.